The monoisotopic (exact) mass is 1510 g/mol. The molecule has 0 amide bonds. The number of carbonyl (C=O) groups excluding carboxylic acids is 4. The Morgan fingerprint density at radius 1 is 0.278 bits per heavy atom. The molecule has 2 aliphatic rings. The number of carbonyl (C=O) groups is 4. The molecule has 2 heterocycles. The molecule has 0 aromatic heterocycles. The van der Waals surface area contributed by atoms with E-state index in [2.05, 4.69) is 93.7 Å². The first-order valence-electron chi connectivity index (χ1n) is 35.3. The summed E-state index contributed by atoms with van der Waals surface area (Å²) in [4.78, 5) is 70.3. The summed E-state index contributed by atoms with van der Waals surface area (Å²) in [6.07, 6.45) is 19.0. The summed E-state index contributed by atoms with van der Waals surface area (Å²) in [5.74, 6) is 31.0. The number of rotatable bonds is 29. The van der Waals surface area contributed by atoms with Gasteiger partial charge in [0.1, 0.15) is 0 Å². The number of nitrogens with zero attached hydrogens (tertiary/aromatic N) is 4. The van der Waals surface area contributed by atoms with E-state index in [-0.39, 0.29) is 23.9 Å². The number of aliphatic imine (C=N–C) groups is 4. The van der Waals surface area contributed by atoms with Gasteiger partial charge < -0.3 is 40.2 Å². The van der Waals surface area contributed by atoms with Crippen LogP contribution in [0.1, 0.15) is 137 Å². The third-order valence-electron chi connectivity index (χ3n) is 16.1. The van der Waals surface area contributed by atoms with Crippen LogP contribution in [-0.2, 0) is 18.9 Å². The van der Waals surface area contributed by atoms with Crippen molar-refractivity contribution in [3.05, 3.63) is 285 Å². The Labute approximate surface area is 649 Å². The second-order valence-corrected chi connectivity index (χ2v) is 28.3. The van der Waals surface area contributed by atoms with Crippen LogP contribution in [0.2, 0.25) is 0 Å². The van der Waals surface area contributed by atoms with Crippen molar-refractivity contribution in [3.8, 4) is 47.4 Å². The number of nitrogens with one attached hydrogen (secondary N) is 4. The highest BCUT2D eigenvalue weighted by Crippen LogP contribution is 2.23. The van der Waals surface area contributed by atoms with Gasteiger partial charge in [-0.1, -0.05) is 47.4 Å². The number of unbranched alkanes of at least 4 members (excludes halogenated alkanes) is 4. The molecule has 0 fully saturated rings. The van der Waals surface area contributed by atoms with Crippen molar-refractivity contribution in [1.29, 1.82) is 0 Å². The molecule has 4 N–H and O–H groups in total. The fourth-order valence-electron chi connectivity index (χ4n) is 10.2. The van der Waals surface area contributed by atoms with Crippen molar-refractivity contribution >= 4 is 117 Å². The van der Waals surface area contributed by atoms with E-state index in [1.54, 1.807) is 108 Å². The van der Waals surface area contributed by atoms with Gasteiger partial charge in [0.05, 0.1) is 48.7 Å². The smallest absolute Gasteiger partial charge is 0.338 e. The Balaban J connectivity index is 0.871. The zero-order chi connectivity index (χ0) is 75.3. The van der Waals surface area contributed by atoms with E-state index in [1.807, 2.05) is 146 Å². The number of allylic oxidation sites excluding steroid dienone is 2. The number of hydrogen-bond acceptors (Lipinski definition) is 20. The lowest BCUT2D eigenvalue weighted by Crippen LogP contribution is -2.27. The topological polar surface area (TPSA) is 203 Å². The second kappa shape index (κ2) is 43.3. The SMILES string of the molecule is CSCCCCOC(=O)c1ccc(C#Cc2ccc(NC3=NC(=CC=C4N=C(Nc5ccc(C#Cc6ccc(C(=O)OCCCCSC)cc6)cc5)C(Nc5ccc(C#Cc6ccc(C(=O)OCCCCSC)cc6)cc5)=N4)N=C3Nc3ccc(C#Cc4ccc(C(=O)OCCCCSC)cc4)cc3)cc2)cc1. The molecule has 0 saturated carbocycles. The maximum Gasteiger partial charge on any atom is 0.338 e. The van der Waals surface area contributed by atoms with Crippen LogP contribution in [0, 0.1) is 47.4 Å². The van der Waals surface area contributed by atoms with Crippen molar-refractivity contribution in [1.82, 2.24) is 0 Å². The minimum atomic E-state index is -0.346. The minimum Gasteiger partial charge on any atom is -0.462 e. The zero-order valence-corrected chi connectivity index (χ0v) is 63.9. The molecular weight excluding hydrogens is 1430 g/mol. The predicted molar refractivity (Wildman–Crippen MR) is 447 cm³/mol. The summed E-state index contributed by atoms with van der Waals surface area (Å²) >= 11 is 7.11. The Hall–Kier alpha value is -11.4. The van der Waals surface area contributed by atoms with E-state index in [0.29, 0.717) is 83.7 Å². The van der Waals surface area contributed by atoms with E-state index in [0.717, 1.165) is 142 Å². The highest BCUT2D eigenvalue weighted by atomic mass is 32.2. The van der Waals surface area contributed by atoms with E-state index >= 15 is 0 Å². The number of esters is 4. The molecule has 20 heteroatoms. The molecule has 0 saturated heterocycles. The van der Waals surface area contributed by atoms with E-state index in [9.17, 15) is 19.2 Å². The van der Waals surface area contributed by atoms with Crippen LogP contribution in [0.15, 0.2) is 238 Å². The highest BCUT2D eigenvalue weighted by molar-refractivity contribution is 7.99. The Morgan fingerprint density at radius 2 is 0.454 bits per heavy atom. The van der Waals surface area contributed by atoms with Crippen molar-refractivity contribution in [2.75, 3.05) is 95.7 Å². The van der Waals surface area contributed by atoms with Crippen LogP contribution in [-0.4, -0.2) is 122 Å². The summed E-state index contributed by atoms with van der Waals surface area (Å²) in [5.41, 5.74) is 11.0. The second-order valence-electron chi connectivity index (χ2n) is 24.4. The molecule has 108 heavy (non-hydrogen) atoms. The molecular formula is C88H82N8O8S4. The summed E-state index contributed by atoms with van der Waals surface area (Å²) in [5, 5.41) is 13.8. The summed E-state index contributed by atoms with van der Waals surface area (Å²) in [6.45, 7) is 1.57. The molecule has 0 radical (unpaired) electrons. The van der Waals surface area contributed by atoms with Gasteiger partial charge in [-0.25, -0.2) is 39.1 Å². The average molecular weight is 1510 g/mol. The first-order chi connectivity index (χ1) is 52.9. The van der Waals surface area contributed by atoms with Crippen LogP contribution in [0.3, 0.4) is 0 Å². The molecule has 8 aromatic carbocycles. The summed E-state index contributed by atoms with van der Waals surface area (Å²) in [6, 6.07) is 59.0. The first-order valence-corrected chi connectivity index (χ1v) is 40.9. The lowest BCUT2D eigenvalue weighted by Gasteiger charge is -2.11. The molecule has 0 atom stereocenters. The summed E-state index contributed by atoms with van der Waals surface area (Å²) in [7, 11) is 0. The van der Waals surface area contributed by atoms with E-state index in [4.69, 9.17) is 38.9 Å². The molecule has 0 aliphatic carbocycles. The fourth-order valence-corrected chi connectivity index (χ4v) is 12.2. The van der Waals surface area contributed by atoms with Gasteiger partial charge in [-0.2, -0.15) is 47.0 Å². The number of ether oxygens (including phenoxy) is 4. The van der Waals surface area contributed by atoms with Gasteiger partial charge in [0.15, 0.2) is 35.0 Å². The van der Waals surface area contributed by atoms with Gasteiger partial charge >= 0.3 is 23.9 Å². The van der Waals surface area contributed by atoms with E-state index in [1.165, 1.54) is 0 Å². The van der Waals surface area contributed by atoms with Crippen LogP contribution in [0.5, 0.6) is 0 Å². The first kappa shape index (κ1) is 79.2. The van der Waals surface area contributed by atoms with Gasteiger partial charge in [0.25, 0.3) is 0 Å². The highest BCUT2D eigenvalue weighted by Gasteiger charge is 2.22. The molecule has 546 valence electrons. The average Bonchev–Trinajstić information content (AvgIpc) is 1.68. The van der Waals surface area contributed by atoms with Crippen LogP contribution >= 0.6 is 47.0 Å². The van der Waals surface area contributed by atoms with Gasteiger partial charge in [-0.3, -0.25) is 0 Å². The van der Waals surface area contributed by atoms with Gasteiger partial charge in [0, 0.05) is 67.3 Å². The number of benzene rings is 8. The van der Waals surface area contributed by atoms with Crippen molar-refractivity contribution in [2.24, 2.45) is 20.0 Å². The third kappa shape index (κ3) is 26.3. The standard InChI is InChI=1S/C88H82N8O8S4/c1-105-59-9-5-55-101-85(97)71-37-21-63(22-38-71)13-17-67-29-45-75(46-30-67)89-81-82(90-76-47-31-68(32-48-76)18-14-64-23-39-72(40-24-64)86(98)102-56-6-10-60-106-2)94-79(93-81)53-54-80-95-83(91-77-49-33-69(34-50-77)19-15-65-25-41-73(42-26-65)87(99)103-57-7-11-61-107-3)84(96-80)92-78-51-35-70(36-52-78)20-16-66-27-43-74(44-28-66)88(100)104-58-8-12-62-108-4/h21-54H,5-12,55-62H2,1-4H3,(H,89,93)(H,90,94)(H,91,95)(H,92,96). The number of hydrogen-bond donors (Lipinski definition) is 4. The Morgan fingerprint density at radius 3 is 0.630 bits per heavy atom. The maximum absolute atomic E-state index is 12.6. The normalized spacial score (nSPS) is 11.7. The fraction of sp³-hybridized carbons (Fsp3) is 0.227. The lowest BCUT2D eigenvalue weighted by atomic mass is 10.1. The maximum atomic E-state index is 12.6. The van der Waals surface area contributed by atoms with Crippen molar-refractivity contribution < 1.29 is 38.1 Å². The largest absolute Gasteiger partial charge is 0.462 e. The molecule has 8 aromatic rings. The number of amidine groups is 4. The number of thioether (sulfide) groups is 4. The zero-order valence-electron chi connectivity index (χ0n) is 60.6. The Bertz CT molecular complexity index is 4250. The van der Waals surface area contributed by atoms with Crippen LogP contribution < -0.4 is 21.3 Å². The molecule has 0 unspecified atom stereocenters. The molecule has 0 bridgehead atoms. The van der Waals surface area contributed by atoms with Crippen LogP contribution in [0.4, 0.5) is 22.7 Å². The predicted octanol–water partition coefficient (Wildman–Crippen LogP) is 17.5. The van der Waals surface area contributed by atoms with Crippen molar-refractivity contribution in [2.45, 2.75) is 51.4 Å². The van der Waals surface area contributed by atoms with Crippen molar-refractivity contribution in [3.63, 3.8) is 0 Å². The summed E-state index contributed by atoms with van der Waals surface area (Å²) < 4.78 is 21.8. The number of anilines is 4. The van der Waals surface area contributed by atoms with E-state index < -0.39 is 0 Å². The quantitative estimate of drug-likeness (QED) is 0.0149. The van der Waals surface area contributed by atoms with Gasteiger partial charge in [-0.05, 0) is 306 Å². The van der Waals surface area contributed by atoms with Gasteiger partial charge in [-0.15, -0.1) is 0 Å². The molecule has 2 aliphatic heterocycles. The third-order valence-corrected chi connectivity index (χ3v) is 18.9. The van der Waals surface area contributed by atoms with Gasteiger partial charge in [0.2, 0.25) is 0 Å². The molecule has 16 nitrogen and oxygen atoms in total. The molecule has 0 spiro atoms. The minimum absolute atomic E-state index is 0.346. The lowest BCUT2D eigenvalue weighted by molar-refractivity contribution is 0.0490. The Kier molecular flexibility index (Phi) is 31.8. The molecule has 10 rings (SSSR count). The van der Waals surface area contributed by atoms with Crippen LogP contribution in [0.25, 0.3) is 0 Å².